The summed E-state index contributed by atoms with van der Waals surface area (Å²) in [6, 6.07) is 65.7. The van der Waals surface area contributed by atoms with Gasteiger partial charge in [-0.3, -0.25) is 0 Å². The van der Waals surface area contributed by atoms with E-state index in [0.29, 0.717) is 0 Å². The summed E-state index contributed by atoms with van der Waals surface area (Å²) in [5.41, 5.74) is 12.8. The molecule has 0 aliphatic carbocycles. The highest BCUT2D eigenvalue weighted by atomic mass is 16.3. The van der Waals surface area contributed by atoms with Gasteiger partial charge < -0.3 is 18.0 Å². The van der Waals surface area contributed by atoms with Crippen LogP contribution in [-0.2, 0) is 0 Å². The molecule has 4 aromatic heterocycles. The fraction of sp³-hybridized carbons (Fsp3) is 0. The van der Waals surface area contributed by atoms with Gasteiger partial charge in [0.05, 0.1) is 33.1 Å². The van der Waals surface area contributed by atoms with E-state index < -0.39 is 0 Å². The van der Waals surface area contributed by atoms with Gasteiger partial charge in [-0.15, -0.1) is 0 Å². The molecule has 0 fully saturated rings. The minimum atomic E-state index is 0.862. The van der Waals surface area contributed by atoms with Crippen molar-refractivity contribution in [3.8, 4) is 22.5 Å². The van der Waals surface area contributed by atoms with Crippen LogP contribution >= 0.6 is 0 Å². The first-order valence-corrected chi connectivity index (χ1v) is 19.8. The van der Waals surface area contributed by atoms with E-state index in [4.69, 9.17) is 8.83 Å². The normalized spacial score (nSPS) is 12.5. The summed E-state index contributed by atoms with van der Waals surface area (Å²) in [6.45, 7) is 0. The maximum Gasteiger partial charge on any atom is 0.137 e. The molecule has 0 saturated heterocycles. The number of fused-ring (bicyclic) bond motifs is 13. The molecular weight excluding hydrogens is 709 g/mol. The fourth-order valence-electron chi connectivity index (χ4n) is 10.4. The second-order valence-corrected chi connectivity index (χ2v) is 15.5. The molecule has 0 spiro atoms. The fourth-order valence-corrected chi connectivity index (χ4v) is 10.4. The Morgan fingerprint density at radius 2 is 0.845 bits per heavy atom. The van der Waals surface area contributed by atoms with Crippen molar-refractivity contribution >= 4 is 109 Å². The van der Waals surface area contributed by atoms with Crippen molar-refractivity contribution in [1.29, 1.82) is 0 Å². The minimum Gasteiger partial charge on any atom is -0.456 e. The number of nitrogens with zero attached hydrogens (tertiary/aromatic N) is 2. The van der Waals surface area contributed by atoms with Crippen molar-refractivity contribution in [3.63, 3.8) is 0 Å². The van der Waals surface area contributed by atoms with Crippen LogP contribution in [0.15, 0.2) is 191 Å². The molecule has 0 aliphatic heterocycles. The second kappa shape index (κ2) is 10.9. The Labute approximate surface area is 330 Å². The van der Waals surface area contributed by atoms with Crippen molar-refractivity contribution in [2.24, 2.45) is 0 Å². The van der Waals surface area contributed by atoms with Crippen molar-refractivity contribution in [2.45, 2.75) is 0 Å². The van der Waals surface area contributed by atoms with Gasteiger partial charge in [0.1, 0.15) is 22.3 Å². The van der Waals surface area contributed by atoms with Gasteiger partial charge >= 0.3 is 0 Å². The summed E-state index contributed by atoms with van der Waals surface area (Å²) < 4.78 is 18.2. The molecule has 4 heterocycles. The molecule has 58 heavy (non-hydrogen) atoms. The Morgan fingerprint density at radius 1 is 0.310 bits per heavy atom. The number of hydrogen-bond donors (Lipinski definition) is 0. The van der Waals surface area contributed by atoms with Crippen molar-refractivity contribution in [2.75, 3.05) is 0 Å². The van der Waals surface area contributed by atoms with Crippen LogP contribution < -0.4 is 0 Å². The predicted molar refractivity (Wildman–Crippen MR) is 241 cm³/mol. The van der Waals surface area contributed by atoms with Crippen molar-refractivity contribution in [1.82, 2.24) is 9.13 Å². The Bertz CT molecular complexity index is 4030. The lowest BCUT2D eigenvalue weighted by Crippen LogP contribution is -1.99. The quantitative estimate of drug-likeness (QED) is 0.169. The van der Waals surface area contributed by atoms with E-state index in [1.54, 1.807) is 0 Å². The van der Waals surface area contributed by atoms with Gasteiger partial charge in [-0.05, 0) is 93.3 Å². The third-order valence-electron chi connectivity index (χ3n) is 12.7. The highest BCUT2D eigenvalue weighted by Crippen LogP contribution is 2.47. The van der Waals surface area contributed by atoms with Crippen molar-refractivity contribution in [3.05, 3.63) is 182 Å². The monoisotopic (exact) mass is 738 g/mol. The summed E-state index contributed by atoms with van der Waals surface area (Å²) in [7, 11) is 0. The van der Waals surface area contributed by atoms with Gasteiger partial charge in [-0.25, -0.2) is 0 Å². The van der Waals surface area contributed by atoms with E-state index >= 15 is 0 Å². The molecule has 0 radical (unpaired) electrons. The van der Waals surface area contributed by atoms with Crippen LogP contribution in [0.25, 0.3) is 132 Å². The molecule has 0 aliphatic rings. The molecule has 0 amide bonds. The van der Waals surface area contributed by atoms with E-state index in [0.717, 1.165) is 55.6 Å². The van der Waals surface area contributed by atoms with E-state index in [2.05, 4.69) is 191 Å². The second-order valence-electron chi connectivity index (χ2n) is 15.5. The first kappa shape index (κ1) is 30.4. The molecule has 0 bridgehead atoms. The minimum absolute atomic E-state index is 0.862. The summed E-state index contributed by atoms with van der Waals surface area (Å²) in [6.07, 6.45) is 0. The maximum atomic E-state index is 6.86. The molecule has 14 rings (SSSR count). The smallest absolute Gasteiger partial charge is 0.137 e. The zero-order chi connectivity index (χ0) is 37.6. The van der Waals surface area contributed by atoms with Crippen LogP contribution in [0.1, 0.15) is 0 Å². The molecule has 0 atom stereocenters. The molecule has 4 nitrogen and oxygen atoms in total. The lowest BCUT2D eigenvalue weighted by Gasteiger charge is -2.13. The van der Waals surface area contributed by atoms with Crippen LogP contribution in [-0.4, -0.2) is 9.13 Å². The van der Waals surface area contributed by atoms with Crippen molar-refractivity contribution < 1.29 is 8.83 Å². The molecule has 0 saturated carbocycles. The zero-order valence-corrected chi connectivity index (χ0v) is 31.0. The van der Waals surface area contributed by atoms with E-state index in [1.807, 2.05) is 0 Å². The van der Waals surface area contributed by atoms with E-state index in [1.165, 1.54) is 76.0 Å². The number of hydrogen-bond acceptors (Lipinski definition) is 2. The average molecular weight is 739 g/mol. The van der Waals surface area contributed by atoms with Gasteiger partial charge in [0.2, 0.25) is 0 Å². The first-order valence-electron chi connectivity index (χ1n) is 19.8. The van der Waals surface area contributed by atoms with Crippen LogP contribution in [0, 0.1) is 0 Å². The van der Waals surface area contributed by atoms with E-state index in [-0.39, 0.29) is 0 Å². The van der Waals surface area contributed by atoms with Gasteiger partial charge in [0, 0.05) is 43.4 Å². The van der Waals surface area contributed by atoms with Gasteiger partial charge in [-0.2, -0.15) is 0 Å². The maximum absolute atomic E-state index is 6.86. The molecule has 0 unspecified atom stereocenters. The highest BCUT2D eigenvalue weighted by molar-refractivity contribution is 6.35. The summed E-state index contributed by atoms with van der Waals surface area (Å²) >= 11 is 0. The molecule has 4 heteroatoms. The summed E-state index contributed by atoms with van der Waals surface area (Å²) in [5, 5.41) is 14.4. The van der Waals surface area contributed by atoms with E-state index in [9.17, 15) is 0 Å². The number of aromatic nitrogens is 2. The summed E-state index contributed by atoms with van der Waals surface area (Å²) in [4.78, 5) is 0. The SMILES string of the molecule is c1ccc(-n2c3ccccc3c3ccc4c5ccccc5n(-c5cccc6oc7cc(-c8cccc9c%10cccc%11oc%12cccc(c89)c%12c%11%10)ccc7c56)c4c32)cc1. The zero-order valence-electron chi connectivity index (χ0n) is 31.0. The molecular formula is C54H30N2O2. The molecule has 0 N–H and O–H groups in total. The molecule has 268 valence electrons. The molecule has 10 aromatic carbocycles. The lowest BCUT2D eigenvalue weighted by atomic mass is 9.89. The van der Waals surface area contributed by atoms with Crippen LogP contribution in [0.5, 0.6) is 0 Å². The lowest BCUT2D eigenvalue weighted by molar-refractivity contribution is 0.668. The third kappa shape index (κ3) is 3.79. The third-order valence-corrected chi connectivity index (χ3v) is 12.7. The number of rotatable bonds is 3. The topological polar surface area (TPSA) is 36.1 Å². The summed E-state index contributed by atoms with van der Waals surface area (Å²) in [5.74, 6) is 0. The van der Waals surface area contributed by atoms with Crippen LogP contribution in [0.3, 0.4) is 0 Å². The first-order chi connectivity index (χ1) is 28.8. The Hall–Kier alpha value is -7.82. The van der Waals surface area contributed by atoms with Gasteiger partial charge in [0.25, 0.3) is 0 Å². The predicted octanol–water partition coefficient (Wildman–Crippen LogP) is 15.1. The van der Waals surface area contributed by atoms with Crippen LogP contribution in [0.4, 0.5) is 0 Å². The number of para-hydroxylation sites is 3. The van der Waals surface area contributed by atoms with Gasteiger partial charge in [-0.1, -0.05) is 121 Å². The number of furan rings is 2. The standard InChI is InChI=1S/C54H30N2O2/c1-2-12-32(13-3-1)55-42-20-6-4-14-34(42)38-28-29-39-35-15-5-7-21-43(35)56(54(39)53(38)55)44-22-11-25-45-50(44)40-27-26-31(30-48(40)58-45)33-16-8-17-36-37-18-9-23-46-51(37)52-41(49(33)36)19-10-24-47(52)57-46/h1-30H. The Morgan fingerprint density at radius 3 is 1.60 bits per heavy atom. The number of benzene rings is 10. The Balaban J connectivity index is 1.07. The van der Waals surface area contributed by atoms with Crippen LogP contribution in [0.2, 0.25) is 0 Å². The Kier molecular flexibility index (Phi) is 5.73. The molecule has 14 aromatic rings. The highest BCUT2D eigenvalue weighted by Gasteiger charge is 2.24. The average Bonchev–Trinajstić information content (AvgIpc) is 4.04. The largest absolute Gasteiger partial charge is 0.456 e. The van der Waals surface area contributed by atoms with Gasteiger partial charge in [0.15, 0.2) is 0 Å².